The Kier molecular flexibility index (Phi) is 4.70. The van der Waals surface area contributed by atoms with Crippen LogP contribution in [0, 0.1) is 5.92 Å². The molecular weight excluding hydrogens is 388 g/mol. The molecule has 0 saturated heterocycles. The van der Waals surface area contributed by atoms with Crippen molar-refractivity contribution in [2.24, 2.45) is 5.92 Å². The second-order valence-corrected chi connectivity index (χ2v) is 9.11. The van der Waals surface area contributed by atoms with Gasteiger partial charge in [-0.3, -0.25) is 9.59 Å². The van der Waals surface area contributed by atoms with E-state index in [0.717, 1.165) is 60.6 Å². The second kappa shape index (κ2) is 7.37. The lowest BCUT2D eigenvalue weighted by molar-refractivity contribution is -0.117. The Hall–Kier alpha value is -2.54. The molecule has 0 radical (unpaired) electrons. The smallest absolute Gasteiger partial charge is 0.262 e. The van der Waals surface area contributed by atoms with Crippen LogP contribution in [-0.2, 0) is 10.3 Å². The fourth-order valence-electron chi connectivity index (χ4n) is 4.18. The van der Waals surface area contributed by atoms with Crippen molar-refractivity contribution >= 4 is 28.2 Å². The molecule has 0 bridgehead atoms. The van der Waals surface area contributed by atoms with Crippen LogP contribution in [0.5, 0.6) is 11.5 Å². The Balaban J connectivity index is 1.34. The van der Waals surface area contributed by atoms with E-state index in [9.17, 15) is 9.59 Å². The minimum atomic E-state index is -0.395. The number of amides is 2. The molecule has 2 saturated carbocycles. The van der Waals surface area contributed by atoms with Gasteiger partial charge in [-0.15, -0.1) is 11.3 Å². The van der Waals surface area contributed by atoms with Gasteiger partial charge in [-0.25, -0.2) is 0 Å². The van der Waals surface area contributed by atoms with Crippen molar-refractivity contribution in [3.8, 4) is 11.5 Å². The molecule has 2 aromatic rings. The van der Waals surface area contributed by atoms with E-state index in [1.54, 1.807) is 6.07 Å². The summed E-state index contributed by atoms with van der Waals surface area (Å²) in [7, 11) is 0. The second-order valence-electron chi connectivity index (χ2n) is 8.03. The quantitative estimate of drug-likeness (QED) is 0.776. The highest BCUT2D eigenvalue weighted by atomic mass is 32.1. The van der Waals surface area contributed by atoms with Gasteiger partial charge in [0.1, 0.15) is 13.2 Å². The average molecular weight is 413 g/mol. The van der Waals surface area contributed by atoms with Crippen LogP contribution in [0.4, 0.5) is 5.00 Å². The zero-order chi connectivity index (χ0) is 19.8. The van der Waals surface area contributed by atoms with E-state index in [0.29, 0.717) is 18.1 Å². The maximum absolute atomic E-state index is 13.0. The van der Waals surface area contributed by atoms with E-state index >= 15 is 0 Å². The number of carbonyl (C=O) groups excluding carboxylic acids is 2. The van der Waals surface area contributed by atoms with E-state index in [-0.39, 0.29) is 17.7 Å². The molecule has 2 fully saturated rings. The molecule has 6 nitrogen and oxygen atoms in total. The van der Waals surface area contributed by atoms with Crippen LogP contribution >= 0.6 is 11.3 Å². The summed E-state index contributed by atoms with van der Waals surface area (Å²) in [5, 5.41) is 6.94. The number of fused-ring (bicyclic) bond motifs is 1. The van der Waals surface area contributed by atoms with Gasteiger partial charge in [0, 0.05) is 5.92 Å². The Morgan fingerprint density at radius 2 is 1.76 bits per heavy atom. The Morgan fingerprint density at radius 3 is 2.52 bits per heavy atom. The number of carbonyl (C=O) groups is 2. The van der Waals surface area contributed by atoms with E-state index < -0.39 is 5.54 Å². The third kappa shape index (κ3) is 3.71. The first kappa shape index (κ1) is 18.5. The van der Waals surface area contributed by atoms with Gasteiger partial charge in [0.15, 0.2) is 11.5 Å². The molecule has 7 heteroatoms. The topological polar surface area (TPSA) is 76.7 Å². The average Bonchev–Trinajstić information content (AvgIpc) is 3.31. The number of thiophene rings is 1. The normalized spacial score (nSPS) is 19.6. The number of rotatable bonds is 5. The summed E-state index contributed by atoms with van der Waals surface area (Å²) < 4.78 is 11.4. The van der Waals surface area contributed by atoms with E-state index in [4.69, 9.17) is 9.47 Å². The molecule has 1 aromatic heterocycles. The van der Waals surface area contributed by atoms with Crippen molar-refractivity contribution < 1.29 is 19.1 Å². The molecule has 1 aliphatic heterocycles. The lowest BCUT2D eigenvalue weighted by Crippen LogP contribution is -2.43. The minimum absolute atomic E-state index is 0.0577. The maximum atomic E-state index is 13.0. The Bertz CT molecular complexity index is 944. The highest BCUT2D eigenvalue weighted by molar-refractivity contribution is 7.18. The van der Waals surface area contributed by atoms with Crippen molar-refractivity contribution in [1.82, 2.24) is 5.32 Å². The molecular formula is C22H24N2O4S. The lowest BCUT2D eigenvalue weighted by atomic mass is 9.87. The largest absolute Gasteiger partial charge is 0.486 e. The predicted octanol–water partition coefficient (Wildman–Crippen LogP) is 4.07. The monoisotopic (exact) mass is 412 g/mol. The first-order valence-corrected chi connectivity index (χ1v) is 11.1. The molecule has 152 valence electrons. The van der Waals surface area contributed by atoms with Crippen molar-refractivity contribution in [3.63, 3.8) is 0 Å². The van der Waals surface area contributed by atoms with Gasteiger partial charge < -0.3 is 20.1 Å². The maximum Gasteiger partial charge on any atom is 0.262 e. The molecule has 2 N–H and O–H groups in total. The summed E-state index contributed by atoms with van der Waals surface area (Å²) in [4.78, 5) is 25.6. The predicted molar refractivity (Wildman–Crippen MR) is 111 cm³/mol. The van der Waals surface area contributed by atoms with Crippen molar-refractivity contribution in [3.05, 3.63) is 40.8 Å². The minimum Gasteiger partial charge on any atom is -0.486 e. The SMILES string of the molecule is O=C(NC1(c2ccc3c(c2)OCCO3)CCCC1)c1ccc(NC(=O)C2CC2)s1. The van der Waals surface area contributed by atoms with Crippen LogP contribution in [0.2, 0.25) is 0 Å². The zero-order valence-corrected chi connectivity index (χ0v) is 17.0. The Morgan fingerprint density at radius 1 is 1.00 bits per heavy atom. The standard InChI is InChI=1S/C22H24N2O4S/c25-20(14-3-4-14)23-19-8-7-18(29-19)21(26)24-22(9-1-2-10-22)15-5-6-16-17(13-15)28-12-11-27-16/h5-8,13-14H,1-4,9-12H2,(H,23,25)(H,24,26). The number of hydrogen-bond acceptors (Lipinski definition) is 5. The number of anilines is 1. The van der Waals surface area contributed by atoms with Crippen LogP contribution in [0.1, 0.15) is 53.8 Å². The number of nitrogens with one attached hydrogen (secondary N) is 2. The summed E-state index contributed by atoms with van der Waals surface area (Å²) in [6, 6.07) is 9.58. The Labute approximate surface area is 173 Å². The van der Waals surface area contributed by atoms with Gasteiger partial charge in [0.05, 0.1) is 15.4 Å². The van der Waals surface area contributed by atoms with Gasteiger partial charge in [-0.2, -0.15) is 0 Å². The van der Waals surface area contributed by atoms with Gasteiger partial charge in [0.2, 0.25) is 5.91 Å². The van der Waals surface area contributed by atoms with Crippen LogP contribution in [0.15, 0.2) is 30.3 Å². The number of ether oxygens (including phenoxy) is 2. The fraction of sp³-hybridized carbons (Fsp3) is 0.455. The molecule has 2 amide bonds. The molecule has 1 aromatic carbocycles. The fourth-order valence-corrected chi connectivity index (χ4v) is 4.98. The molecule has 2 aliphatic carbocycles. The highest BCUT2D eigenvalue weighted by Crippen LogP contribution is 2.43. The van der Waals surface area contributed by atoms with Crippen molar-refractivity contribution in [2.45, 2.75) is 44.1 Å². The molecule has 0 unspecified atom stereocenters. The van der Waals surface area contributed by atoms with Crippen molar-refractivity contribution in [1.29, 1.82) is 0 Å². The summed E-state index contributed by atoms with van der Waals surface area (Å²) in [5.74, 6) is 1.61. The summed E-state index contributed by atoms with van der Waals surface area (Å²) in [6.45, 7) is 1.10. The number of benzene rings is 1. The van der Waals surface area contributed by atoms with Gasteiger partial charge >= 0.3 is 0 Å². The number of hydrogen-bond donors (Lipinski definition) is 2. The van der Waals surface area contributed by atoms with Crippen LogP contribution < -0.4 is 20.1 Å². The van der Waals surface area contributed by atoms with E-state index in [1.165, 1.54) is 11.3 Å². The van der Waals surface area contributed by atoms with Gasteiger partial charge in [-0.05, 0) is 55.5 Å². The molecule has 5 rings (SSSR count). The van der Waals surface area contributed by atoms with Gasteiger partial charge in [-0.1, -0.05) is 18.9 Å². The summed E-state index contributed by atoms with van der Waals surface area (Å²) in [6.07, 6.45) is 5.86. The van der Waals surface area contributed by atoms with E-state index in [2.05, 4.69) is 10.6 Å². The third-order valence-electron chi connectivity index (χ3n) is 5.93. The molecule has 2 heterocycles. The molecule has 29 heavy (non-hydrogen) atoms. The molecule has 3 aliphatic rings. The highest BCUT2D eigenvalue weighted by Gasteiger charge is 2.38. The summed E-state index contributed by atoms with van der Waals surface area (Å²) in [5.41, 5.74) is 0.667. The van der Waals surface area contributed by atoms with Crippen LogP contribution in [0.3, 0.4) is 0 Å². The summed E-state index contributed by atoms with van der Waals surface area (Å²) >= 11 is 1.33. The van der Waals surface area contributed by atoms with Crippen LogP contribution in [-0.4, -0.2) is 25.0 Å². The first-order valence-electron chi connectivity index (χ1n) is 10.3. The van der Waals surface area contributed by atoms with Crippen molar-refractivity contribution in [2.75, 3.05) is 18.5 Å². The molecule has 0 atom stereocenters. The van der Waals surface area contributed by atoms with E-state index in [1.807, 2.05) is 24.3 Å². The lowest BCUT2D eigenvalue weighted by Gasteiger charge is -2.32. The molecule has 0 spiro atoms. The van der Waals surface area contributed by atoms with Crippen LogP contribution in [0.25, 0.3) is 0 Å². The van der Waals surface area contributed by atoms with Gasteiger partial charge in [0.25, 0.3) is 5.91 Å². The zero-order valence-electron chi connectivity index (χ0n) is 16.2. The first-order chi connectivity index (χ1) is 14.1. The third-order valence-corrected chi connectivity index (χ3v) is 6.93.